The molecule has 0 amide bonds. The Hall–Kier alpha value is -2.01. The van der Waals surface area contributed by atoms with Crippen LogP contribution in [-0.2, 0) is 9.59 Å². The Morgan fingerprint density at radius 2 is 1.35 bits per heavy atom. The van der Waals surface area contributed by atoms with Crippen molar-refractivity contribution in [2.45, 2.75) is 25.0 Å². The maximum Gasteiger partial charge on any atom is 0.166 e. The SMILES string of the molecule is O=C(CCC(=O)C(O)c1cccc(Cl)c1)C(O)c1ccccc1. The minimum absolute atomic E-state index is 0.132. The Kier molecular flexibility index (Phi) is 6.04. The van der Waals surface area contributed by atoms with Crippen molar-refractivity contribution >= 4 is 23.2 Å². The predicted molar refractivity (Wildman–Crippen MR) is 87.1 cm³/mol. The van der Waals surface area contributed by atoms with E-state index < -0.39 is 23.8 Å². The molecule has 0 aromatic heterocycles. The van der Waals surface area contributed by atoms with Gasteiger partial charge < -0.3 is 10.2 Å². The molecule has 0 saturated heterocycles. The van der Waals surface area contributed by atoms with Gasteiger partial charge in [0.2, 0.25) is 0 Å². The molecule has 120 valence electrons. The molecule has 2 unspecified atom stereocenters. The monoisotopic (exact) mass is 332 g/mol. The van der Waals surface area contributed by atoms with Crippen LogP contribution in [0.2, 0.25) is 5.02 Å². The second-order valence-corrected chi connectivity index (χ2v) is 5.64. The molecule has 0 fully saturated rings. The highest BCUT2D eigenvalue weighted by molar-refractivity contribution is 6.30. The number of carbonyl (C=O) groups excluding carboxylic acids is 2. The van der Waals surface area contributed by atoms with Crippen molar-refractivity contribution in [3.05, 3.63) is 70.7 Å². The van der Waals surface area contributed by atoms with Gasteiger partial charge in [-0.1, -0.05) is 54.1 Å². The molecule has 0 saturated carbocycles. The van der Waals surface area contributed by atoms with Gasteiger partial charge in [0.15, 0.2) is 11.6 Å². The van der Waals surface area contributed by atoms with Crippen molar-refractivity contribution in [3.63, 3.8) is 0 Å². The molecule has 0 spiro atoms. The second kappa shape index (κ2) is 8.02. The van der Waals surface area contributed by atoms with E-state index in [-0.39, 0.29) is 12.8 Å². The number of hydrogen-bond acceptors (Lipinski definition) is 4. The number of aliphatic hydroxyl groups excluding tert-OH is 2. The smallest absolute Gasteiger partial charge is 0.166 e. The highest BCUT2D eigenvalue weighted by Crippen LogP contribution is 2.21. The van der Waals surface area contributed by atoms with Gasteiger partial charge in [-0.3, -0.25) is 9.59 Å². The minimum atomic E-state index is -1.32. The summed E-state index contributed by atoms with van der Waals surface area (Å²) >= 11 is 5.82. The quantitative estimate of drug-likeness (QED) is 0.817. The van der Waals surface area contributed by atoms with Crippen molar-refractivity contribution in [3.8, 4) is 0 Å². The molecule has 23 heavy (non-hydrogen) atoms. The summed E-state index contributed by atoms with van der Waals surface area (Å²) < 4.78 is 0. The molecule has 2 rings (SSSR count). The lowest BCUT2D eigenvalue weighted by molar-refractivity contribution is -0.132. The Balaban J connectivity index is 1.92. The Bertz CT molecular complexity index is 684. The van der Waals surface area contributed by atoms with Crippen LogP contribution in [0.5, 0.6) is 0 Å². The molecule has 2 aromatic rings. The molecule has 0 aliphatic heterocycles. The second-order valence-electron chi connectivity index (χ2n) is 5.20. The van der Waals surface area contributed by atoms with Gasteiger partial charge in [0, 0.05) is 17.9 Å². The third-order valence-corrected chi connectivity index (χ3v) is 3.74. The molecule has 2 N–H and O–H groups in total. The van der Waals surface area contributed by atoms with E-state index in [0.717, 1.165) is 0 Å². The van der Waals surface area contributed by atoms with Crippen LogP contribution in [-0.4, -0.2) is 21.8 Å². The Morgan fingerprint density at radius 1 is 0.826 bits per heavy atom. The average Bonchev–Trinajstić information content (AvgIpc) is 2.58. The summed E-state index contributed by atoms with van der Waals surface area (Å²) in [6.07, 6.45) is -2.86. The summed E-state index contributed by atoms with van der Waals surface area (Å²) in [6, 6.07) is 14.9. The van der Waals surface area contributed by atoms with E-state index in [4.69, 9.17) is 11.6 Å². The third kappa shape index (κ3) is 4.73. The number of ketones is 2. The van der Waals surface area contributed by atoms with Gasteiger partial charge in [-0.05, 0) is 23.3 Å². The van der Waals surface area contributed by atoms with E-state index in [1.165, 1.54) is 6.07 Å². The lowest BCUT2D eigenvalue weighted by atomic mass is 9.98. The van der Waals surface area contributed by atoms with Gasteiger partial charge in [0.05, 0.1) is 0 Å². The minimum Gasteiger partial charge on any atom is -0.381 e. The molecule has 0 heterocycles. The zero-order valence-electron chi connectivity index (χ0n) is 12.4. The van der Waals surface area contributed by atoms with Gasteiger partial charge in [-0.2, -0.15) is 0 Å². The normalized spacial score (nSPS) is 13.3. The number of halogens is 1. The number of aliphatic hydroxyl groups is 2. The van der Waals surface area contributed by atoms with E-state index in [2.05, 4.69) is 0 Å². The first-order valence-electron chi connectivity index (χ1n) is 7.21. The maximum absolute atomic E-state index is 12.0. The molecule has 4 nitrogen and oxygen atoms in total. The van der Waals surface area contributed by atoms with E-state index in [1.807, 2.05) is 0 Å². The van der Waals surface area contributed by atoms with Gasteiger partial charge in [-0.15, -0.1) is 0 Å². The molecule has 0 radical (unpaired) electrons. The highest BCUT2D eigenvalue weighted by Gasteiger charge is 2.22. The van der Waals surface area contributed by atoms with Crippen molar-refractivity contribution in [2.75, 3.05) is 0 Å². The first-order valence-corrected chi connectivity index (χ1v) is 7.59. The molecular weight excluding hydrogens is 316 g/mol. The standard InChI is InChI=1S/C18H17ClO4/c19-14-8-4-7-13(11-14)18(23)16(21)10-9-15(20)17(22)12-5-2-1-3-6-12/h1-8,11,17-18,22-23H,9-10H2. The summed E-state index contributed by atoms with van der Waals surface area (Å²) in [7, 11) is 0. The fourth-order valence-electron chi connectivity index (χ4n) is 2.20. The molecule has 2 aromatic carbocycles. The van der Waals surface area contributed by atoms with Crippen LogP contribution in [0.1, 0.15) is 36.2 Å². The van der Waals surface area contributed by atoms with E-state index in [9.17, 15) is 19.8 Å². The Morgan fingerprint density at radius 3 is 1.91 bits per heavy atom. The van der Waals surface area contributed by atoms with Crippen molar-refractivity contribution < 1.29 is 19.8 Å². The zero-order chi connectivity index (χ0) is 16.8. The van der Waals surface area contributed by atoms with Crippen LogP contribution in [0, 0.1) is 0 Å². The number of carbonyl (C=O) groups is 2. The fraction of sp³-hybridized carbons (Fsp3) is 0.222. The van der Waals surface area contributed by atoms with Crippen LogP contribution in [0.15, 0.2) is 54.6 Å². The van der Waals surface area contributed by atoms with Crippen LogP contribution >= 0.6 is 11.6 Å². The number of hydrogen-bond donors (Lipinski definition) is 2. The third-order valence-electron chi connectivity index (χ3n) is 3.51. The predicted octanol–water partition coefficient (Wildman–Crippen LogP) is 3.03. The molecule has 5 heteroatoms. The topological polar surface area (TPSA) is 74.6 Å². The highest BCUT2D eigenvalue weighted by atomic mass is 35.5. The van der Waals surface area contributed by atoms with Crippen LogP contribution < -0.4 is 0 Å². The first kappa shape index (κ1) is 17.3. The van der Waals surface area contributed by atoms with Crippen LogP contribution in [0.25, 0.3) is 0 Å². The van der Waals surface area contributed by atoms with E-state index in [1.54, 1.807) is 48.5 Å². The average molecular weight is 333 g/mol. The first-order chi connectivity index (χ1) is 11.0. The zero-order valence-corrected chi connectivity index (χ0v) is 13.1. The molecule has 0 aliphatic rings. The fourth-order valence-corrected chi connectivity index (χ4v) is 2.40. The number of benzene rings is 2. The largest absolute Gasteiger partial charge is 0.381 e. The summed E-state index contributed by atoms with van der Waals surface area (Å²) in [5, 5.41) is 20.4. The summed E-state index contributed by atoms with van der Waals surface area (Å²) in [5.41, 5.74) is 0.874. The van der Waals surface area contributed by atoms with Crippen molar-refractivity contribution in [1.29, 1.82) is 0 Å². The van der Waals surface area contributed by atoms with Crippen LogP contribution in [0.3, 0.4) is 0 Å². The lowest BCUT2D eigenvalue weighted by Gasteiger charge is -2.12. The summed E-state index contributed by atoms with van der Waals surface area (Å²) in [6.45, 7) is 0. The van der Waals surface area contributed by atoms with Crippen LogP contribution in [0.4, 0.5) is 0 Å². The van der Waals surface area contributed by atoms with Gasteiger partial charge in [-0.25, -0.2) is 0 Å². The molecule has 0 bridgehead atoms. The molecular formula is C18H17ClO4. The summed E-state index contributed by atoms with van der Waals surface area (Å²) in [4.78, 5) is 23.9. The molecule has 2 atom stereocenters. The van der Waals surface area contributed by atoms with Gasteiger partial charge in [0.1, 0.15) is 12.2 Å². The van der Waals surface area contributed by atoms with Gasteiger partial charge in [0.25, 0.3) is 0 Å². The maximum atomic E-state index is 12.0. The molecule has 0 aliphatic carbocycles. The Labute approximate surface area is 139 Å². The van der Waals surface area contributed by atoms with Crippen molar-refractivity contribution in [1.82, 2.24) is 0 Å². The summed E-state index contributed by atoms with van der Waals surface area (Å²) in [5.74, 6) is -0.941. The number of rotatable bonds is 7. The van der Waals surface area contributed by atoms with Gasteiger partial charge >= 0.3 is 0 Å². The number of Topliss-reactive ketones (excluding diaryl/α,β-unsaturated/α-hetero) is 2. The van der Waals surface area contributed by atoms with Crippen molar-refractivity contribution in [2.24, 2.45) is 0 Å². The van der Waals surface area contributed by atoms with E-state index in [0.29, 0.717) is 16.1 Å². The van der Waals surface area contributed by atoms with E-state index >= 15 is 0 Å². The lowest BCUT2D eigenvalue weighted by Crippen LogP contribution is -2.17.